The second-order valence-corrected chi connectivity index (χ2v) is 7.34. The maximum absolute atomic E-state index is 10.9. The highest BCUT2D eigenvalue weighted by Crippen LogP contribution is 2.35. The van der Waals surface area contributed by atoms with E-state index in [1.165, 1.54) is 11.3 Å². The number of halogens is 2. The Morgan fingerprint density at radius 3 is 2.53 bits per heavy atom. The molecule has 0 saturated heterocycles. The van der Waals surface area contributed by atoms with E-state index in [1.807, 2.05) is 6.07 Å². The first-order chi connectivity index (χ1) is 8.97. The molecule has 1 aliphatic carbocycles. The number of hydrogen-bond donors (Lipinski definition) is 2. The highest BCUT2D eigenvalue weighted by atomic mass is 35.5. The molecule has 19 heavy (non-hydrogen) atoms. The van der Waals surface area contributed by atoms with Crippen LogP contribution >= 0.6 is 34.5 Å². The number of nitrogens with one attached hydrogen (secondary N) is 1. The van der Waals surface area contributed by atoms with E-state index < -0.39 is 5.97 Å². The van der Waals surface area contributed by atoms with Crippen LogP contribution in [-0.4, -0.2) is 17.1 Å². The highest BCUT2D eigenvalue weighted by molar-refractivity contribution is 7.20. The number of carboxylic acid groups (broad SMARTS) is 1. The summed E-state index contributed by atoms with van der Waals surface area (Å²) >= 11 is 13.5. The van der Waals surface area contributed by atoms with Crippen LogP contribution in [0.2, 0.25) is 8.67 Å². The Hall–Kier alpha value is -0.290. The molecule has 2 rings (SSSR count). The number of carbonyl (C=O) groups is 1. The first kappa shape index (κ1) is 15.1. The van der Waals surface area contributed by atoms with Crippen molar-refractivity contribution in [2.75, 3.05) is 0 Å². The van der Waals surface area contributed by atoms with Gasteiger partial charge in [-0.05, 0) is 44.2 Å². The van der Waals surface area contributed by atoms with Crippen LogP contribution in [-0.2, 0) is 4.79 Å². The maximum Gasteiger partial charge on any atom is 0.306 e. The van der Waals surface area contributed by atoms with E-state index in [1.54, 1.807) is 0 Å². The molecule has 0 amide bonds. The van der Waals surface area contributed by atoms with Gasteiger partial charge < -0.3 is 10.4 Å². The largest absolute Gasteiger partial charge is 0.481 e. The number of rotatable bonds is 4. The van der Waals surface area contributed by atoms with E-state index in [4.69, 9.17) is 28.3 Å². The van der Waals surface area contributed by atoms with Gasteiger partial charge in [0, 0.05) is 12.1 Å². The van der Waals surface area contributed by atoms with E-state index in [9.17, 15) is 4.79 Å². The molecule has 106 valence electrons. The van der Waals surface area contributed by atoms with Crippen LogP contribution in [0.15, 0.2) is 6.07 Å². The van der Waals surface area contributed by atoms with Crippen LogP contribution in [0.4, 0.5) is 0 Å². The molecule has 6 heteroatoms. The fourth-order valence-corrected chi connectivity index (χ4v) is 4.24. The Labute approximate surface area is 126 Å². The summed E-state index contributed by atoms with van der Waals surface area (Å²) in [6.07, 6.45) is 3.29. The van der Waals surface area contributed by atoms with Crippen LogP contribution in [0.1, 0.15) is 44.2 Å². The molecule has 0 aliphatic heterocycles. The van der Waals surface area contributed by atoms with Gasteiger partial charge in [-0.1, -0.05) is 23.2 Å². The quantitative estimate of drug-likeness (QED) is 0.866. The molecule has 1 aliphatic rings. The van der Waals surface area contributed by atoms with Crippen molar-refractivity contribution in [2.24, 2.45) is 5.92 Å². The molecule has 3 nitrogen and oxygen atoms in total. The standard InChI is InChI=1S/C13H17Cl2NO2S/c1-7(10-6-11(14)19-12(10)15)16-9-4-2-8(3-5-9)13(17)18/h6-9,16H,2-5H2,1H3,(H,17,18). The normalized spacial score (nSPS) is 25.2. The number of thiophene rings is 1. The van der Waals surface area contributed by atoms with Crippen molar-refractivity contribution in [1.29, 1.82) is 0 Å². The number of aliphatic carboxylic acids is 1. The Bertz CT molecular complexity index is 455. The second-order valence-electron chi connectivity index (χ2n) is 5.05. The summed E-state index contributed by atoms with van der Waals surface area (Å²) in [6.45, 7) is 2.06. The van der Waals surface area contributed by atoms with E-state index in [2.05, 4.69) is 12.2 Å². The van der Waals surface area contributed by atoms with E-state index in [0.29, 0.717) is 10.4 Å². The predicted octanol–water partition coefficient (Wildman–Crippen LogP) is 4.35. The van der Waals surface area contributed by atoms with Gasteiger partial charge in [0.25, 0.3) is 0 Å². The molecule has 1 heterocycles. The van der Waals surface area contributed by atoms with E-state index >= 15 is 0 Å². The molecule has 0 spiro atoms. The van der Waals surface area contributed by atoms with Gasteiger partial charge in [-0.15, -0.1) is 11.3 Å². The van der Waals surface area contributed by atoms with Crippen LogP contribution in [0, 0.1) is 5.92 Å². The molecule has 1 aromatic heterocycles. The maximum atomic E-state index is 10.9. The minimum absolute atomic E-state index is 0.141. The zero-order chi connectivity index (χ0) is 14.0. The zero-order valence-electron chi connectivity index (χ0n) is 10.7. The lowest BCUT2D eigenvalue weighted by Gasteiger charge is -2.29. The summed E-state index contributed by atoms with van der Waals surface area (Å²) in [7, 11) is 0. The van der Waals surface area contributed by atoms with Crippen molar-refractivity contribution < 1.29 is 9.90 Å². The Morgan fingerprint density at radius 2 is 2.05 bits per heavy atom. The highest BCUT2D eigenvalue weighted by Gasteiger charge is 2.27. The van der Waals surface area contributed by atoms with Gasteiger partial charge in [0.15, 0.2) is 0 Å². The predicted molar refractivity (Wildman–Crippen MR) is 79.3 cm³/mol. The summed E-state index contributed by atoms with van der Waals surface area (Å²) in [5.74, 6) is -0.841. The van der Waals surface area contributed by atoms with Crippen molar-refractivity contribution in [3.8, 4) is 0 Å². The Morgan fingerprint density at radius 1 is 1.42 bits per heavy atom. The van der Waals surface area contributed by atoms with Crippen molar-refractivity contribution in [3.63, 3.8) is 0 Å². The van der Waals surface area contributed by atoms with Gasteiger partial charge in [-0.2, -0.15) is 0 Å². The summed E-state index contributed by atoms with van der Waals surface area (Å²) in [5, 5.41) is 12.5. The monoisotopic (exact) mass is 321 g/mol. The van der Waals surface area contributed by atoms with Gasteiger partial charge in [0.05, 0.1) is 14.6 Å². The molecule has 0 bridgehead atoms. The fourth-order valence-electron chi connectivity index (χ4n) is 2.60. The number of carboxylic acids is 1. The third-order valence-corrected chi connectivity index (χ3v) is 5.23. The molecule has 2 N–H and O–H groups in total. The molecule has 1 saturated carbocycles. The van der Waals surface area contributed by atoms with E-state index in [0.717, 1.165) is 35.6 Å². The average molecular weight is 322 g/mol. The lowest BCUT2D eigenvalue weighted by molar-refractivity contribution is -0.142. The molecule has 1 unspecified atom stereocenters. The van der Waals surface area contributed by atoms with Gasteiger partial charge >= 0.3 is 5.97 Å². The SMILES string of the molecule is CC(NC1CCC(C(=O)O)CC1)c1cc(Cl)sc1Cl. The molecule has 0 radical (unpaired) electrons. The smallest absolute Gasteiger partial charge is 0.306 e. The Kier molecular flexibility index (Phi) is 5.12. The lowest BCUT2D eigenvalue weighted by Crippen LogP contribution is -2.36. The molecule has 0 aromatic carbocycles. The van der Waals surface area contributed by atoms with E-state index in [-0.39, 0.29) is 12.0 Å². The summed E-state index contributed by atoms with van der Waals surface area (Å²) in [6, 6.07) is 2.40. The second kappa shape index (κ2) is 6.44. The third-order valence-electron chi connectivity index (χ3n) is 3.71. The first-order valence-corrected chi connectivity index (χ1v) is 7.98. The van der Waals surface area contributed by atoms with Crippen molar-refractivity contribution >= 4 is 40.5 Å². The first-order valence-electron chi connectivity index (χ1n) is 6.41. The molecule has 1 atom stereocenters. The number of hydrogen-bond acceptors (Lipinski definition) is 3. The minimum atomic E-state index is -0.667. The summed E-state index contributed by atoms with van der Waals surface area (Å²) in [4.78, 5) is 10.9. The Balaban J connectivity index is 1.89. The molecular weight excluding hydrogens is 305 g/mol. The van der Waals surface area contributed by atoms with Gasteiger partial charge in [0.1, 0.15) is 0 Å². The summed E-state index contributed by atoms with van der Waals surface area (Å²) in [5.41, 5.74) is 1.03. The van der Waals surface area contributed by atoms with Gasteiger partial charge in [-0.25, -0.2) is 0 Å². The van der Waals surface area contributed by atoms with Crippen molar-refractivity contribution in [1.82, 2.24) is 5.32 Å². The van der Waals surface area contributed by atoms with Crippen molar-refractivity contribution in [3.05, 3.63) is 20.3 Å². The summed E-state index contributed by atoms with van der Waals surface area (Å²) < 4.78 is 1.42. The van der Waals surface area contributed by atoms with Crippen molar-refractivity contribution in [2.45, 2.75) is 44.7 Å². The zero-order valence-corrected chi connectivity index (χ0v) is 13.0. The minimum Gasteiger partial charge on any atom is -0.481 e. The molecule has 1 fully saturated rings. The van der Waals surface area contributed by atoms with Crippen LogP contribution in [0.25, 0.3) is 0 Å². The molecular formula is C13H17Cl2NO2S. The van der Waals surface area contributed by atoms with Gasteiger partial charge in [0.2, 0.25) is 0 Å². The van der Waals surface area contributed by atoms with Gasteiger partial charge in [-0.3, -0.25) is 4.79 Å². The van der Waals surface area contributed by atoms with Crippen LogP contribution in [0.5, 0.6) is 0 Å². The third kappa shape index (κ3) is 3.85. The fraction of sp³-hybridized carbons (Fsp3) is 0.615. The van der Waals surface area contributed by atoms with Crippen LogP contribution in [0.3, 0.4) is 0 Å². The van der Waals surface area contributed by atoms with Crippen LogP contribution < -0.4 is 5.32 Å². The molecule has 1 aromatic rings. The topological polar surface area (TPSA) is 49.3 Å². The lowest BCUT2D eigenvalue weighted by atomic mass is 9.86. The average Bonchev–Trinajstić information content (AvgIpc) is 2.69.